The summed E-state index contributed by atoms with van der Waals surface area (Å²) in [4.78, 5) is 11.8. The Morgan fingerprint density at radius 3 is 2.60 bits per heavy atom. The molecule has 4 N–H and O–H groups in total. The van der Waals surface area contributed by atoms with Crippen molar-refractivity contribution >= 4 is 5.91 Å². The summed E-state index contributed by atoms with van der Waals surface area (Å²) in [5.41, 5.74) is 4.28. The minimum absolute atomic E-state index is 0.192. The molecule has 1 saturated heterocycles. The molecule has 1 heterocycles. The highest BCUT2D eigenvalue weighted by molar-refractivity contribution is 5.73. The molecule has 4 aliphatic rings. The highest BCUT2D eigenvalue weighted by Gasteiger charge is 2.50. The fourth-order valence-electron chi connectivity index (χ4n) is 8.54. The topological polar surface area (TPSA) is 108 Å². The van der Waals surface area contributed by atoms with Crippen molar-refractivity contribution in [3.8, 4) is 0 Å². The quantitative estimate of drug-likeness (QED) is 0.266. The Morgan fingerprint density at radius 1 is 1.14 bits per heavy atom. The number of ether oxygens (including phenoxy) is 2. The van der Waals surface area contributed by atoms with Crippen LogP contribution in [0.1, 0.15) is 105 Å². The predicted molar refractivity (Wildman–Crippen MR) is 165 cm³/mol. The van der Waals surface area contributed by atoms with E-state index in [0.717, 1.165) is 36.2 Å². The van der Waals surface area contributed by atoms with Crippen molar-refractivity contribution in [1.82, 2.24) is 5.32 Å². The second kappa shape index (κ2) is 14.5. The number of carbonyl (C=O) groups excluding carboxylic acids is 1. The number of amides is 1. The van der Waals surface area contributed by atoms with Crippen LogP contribution in [0, 0.1) is 29.1 Å². The summed E-state index contributed by atoms with van der Waals surface area (Å²) in [7, 11) is 0. The molecule has 42 heavy (non-hydrogen) atoms. The lowest BCUT2D eigenvalue weighted by Crippen LogP contribution is -2.65. The molecular formula is C35H57NO6. The second-order valence-corrected chi connectivity index (χ2v) is 14.4. The standard InChI is InChI=1S/C35H57NO6/c1-21(2)9-7-10-23(4)28-16-17-29-25(11-8-18-35(28,29)6)13-14-26-19-27(15-12-22(26)3)41-34-31(36-24(5)38)33(40)32(39)30(20-37)42-34/h13-14,21,23,27-34,37,39-40H,3,7-12,15-20H2,1-2,4-6H3,(H,36,38)/b25-13+,26-14?/t23-,27+,28-,29+,30-,31-,32-,33-,34-,35-/m1/s1. The van der Waals surface area contributed by atoms with Gasteiger partial charge in [0.1, 0.15) is 24.4 Å². The molecule has 0 aromatic rings. The van der Waals surface area contributed by atoms with Crippen LogP contribution in [0.2, 0.25) is 0 Å². The van der Waals surface area contributed by atoms with Gasteiger partial charge in [0.05, 0.1) is 12.7 Å². The number of hydrogen-bond donors (Lipinski definition) is 4. The van der Waals surface area contributed by atoms with Crippen LogP contribution >= 0.6 is 0 Å². The van der Waals surface area contributed by atoms with Crippen molar-refractivity contribution in [3.63, 3.8) is 0 Å². The zero-order chi connectivity index (χ0) is 30.6. The molecule has 10 atom stereocenters. The van der Waals surface area contributed by atoms with E-state index in [1.54, 1.807) is 5.57 Å². The average Bonchev–Trinajstić information content (AvgIpc) is 3.30. The van der Waals surface area contributed by atoms with E-state index in [-0.39, 0.29) is 12.0 Å². The average molecular weight is 588 g/mol. The van der Waals surface area contributed by atoms with Crippen molar-refractivity contribution in [2.24, 2.45) is 29.1 Å². The Kier molecular flexibility index (Phi) is 11.5. The molecule has 0 unspecified atom stereocenters. The van der Waals surface area contributed by atoms with Crippen LogP contribution in [0.5, 0.6) is 0 Å². The smallest absolute Gasteiger partial charge is 0.217 e. The molecule has 4 fully saturated rings. The maximum atomic E-state index is 11.8. The Balaban J connectivity index is 1.44. The lowest BCUT2D eigenvalue weighted by atomic mass is 9.60. The molecule has 7 heteroatoms. The van der Waals surface area contributed by atoms with Gasteiger partial charge in [0, 0.05) is 6.92 Å². The van der Waals surface area contributed by atoms with Gasteiger partial charge in [0.2, 0.25) is 5.91 Å². The molecule has 0 radical (unpaired) electrons. The van der Waals surface area contributed by atoms with E-state index in [1.807, 2.05) is 0 Å². The summed E-state index contributed by atoms with van der Waals surface area (Å²) in [6.07, 6.45) is 12.5. The minimum Gasteiger partial charge on any atom is -0.394 e. The number of aliphatic hydroxyl groups is 3. The van der Waals surface area contributed by atoms with Crippen LogP contribution in [0.25, 0.3) is 0 Å². The number of allylic oxidation sites excluding steroid dienone is 4. The van der Waals surface area contributed by atoms with Crippen molar-refractivity contribution in [2.45, 2.75) is 142 Å². The van der Waals surface area contributed by atoms with Crippen LogP contribution in [0.4, 0.5) is 0 Å². The molecule has 4 rings (SSSR count). The highest BCUT2D eigenvalue weighted by atomic mass is 16.7. The monoisotopic (exact) mass is 587 g/mol. The number of hydrogen-bond acceptors (Lipinski definition) is 6. The molecule has 0 spiro atoms. The van der Waals surface area contributed by atoms with Gasteiger partial charge in [-0.3, -0.25) is 4.79 Å². The van der Waals surface area contributed by atoms with E-state index in [2.05, 4.69) is 51.7 Å². The van der Waals surface area contributed by atoms with Gasteiger partial charge >= 0.3 is 0 Å². The van der Waals surface area contributed by atoms with E-state index in [1.165, 1.54) is 63.9 Å². The molecular weight excluding hydrogens is 530 g/mol. The van der Waals surface area contributed by atoms with Gasteiger partial charge < -0.3 is 30.1 Å². The summed E-state index contributed by atoms with van der Waals surface area (Å²) in [5.74, 6) is 2.67. The molecule has 1 amide bonds. The third kappa shape index (κ3) is 7.58. The second-order valence-electron chi connectivity index (χ2n) is 14.4. The number of rotatable bonds is 10. The molecule has 3 saturated carbocycles. The van der Waals surface area contributed by atoms with E-state index >= 15 is 0 Å². The van der Waals surface area contributed by atoms with Gasteiger partial charge in [-0.05, 0) is 86.0 Å². The molecule has 238 valence electrons. The Bertz CT molecular complexity index is 1010. The van der Waals surface area contributed by atoms with E-state index in [0.29, 0.717) is 17.8 Å². The molecule has 0 aromatic heterocycles. The van der Waals surface area contributed by atoms with Crippen LogP contribution in [-0.4, -0.2) is 64.6 Å². The van der Waals surface area contributed by atoms with Crippen molar-refractivity contribution < 1.29 is 29.6 Å². The minimum atomic E-state index is -1.32. The van der Waals surface area contributed by atoms with Gasteiger partial charge in [-0.2, -0.15) is 0 Å². The summed E-state index contributed by atoms with van der Waals surface area (Å²) in [5, 5.41) is 33.3. The van der Waals surface area contributed by atoms with Gasteiger partial charge in [-0.25, -0.2) is 0 Å². The Morgan fingerprint density at radius 2 is 1.90 bits per heavy atom. The van der Waals surface area contributed by atoms with Crippen LogP contribution < -0.4 is 5.32 Å². The zero-order valence-corrected chi connectivity index (χ0v) is 26.7. The lowest BCUT2D eigenvalue weighted by Gasteiger charge is -2.44. The van der Waals surface area contributed by atoms with Crippen LogP contribution in [0.15, 0.2) is 35.5 Å². The van der Waals surface area contributed by atoms with E-state index in [9.17, 15) is 20.1 Å². The predicted octanol–water partition coefficient (Wildman–Crippen LogP) is 5.59. The lowest BCUT2D eigenvalue weighted by molar-refractivity contribution is -0.282. The highest BCUT2D eigenvalue weighted by Crippen LogP contribution is 2.60. The van der Waals surface area contributed by atoms with E-state index in [4.69, 9.17) is 9.47 Å². The largest absolute Gasteiger partial charge is 0.394 e. The molecule has 0 bridgehead atoms. The Labute approximate surface area is 253 Å². The first-order chi connectivity index (χ1) is 19.9. The first kappa shape index (κ1) is 33.4. The summed E-state index contributed by atoms with van der Waals surface area (Å²) >= 11 is 0. The maximum Gasteiger partial charge on any atom is 0.217 e. The van der Waals surface area contributed by atoms with Crippen molar-refractivity contribution in [1.29, 1.82) is 0 Å². The Hall–Kier alpha value is -1.51. The number of fused-ring (bicyclic) bond motifs is 1. The fraction of sp³-hybridized carbons (Fsp3) is 0.800. The van der Waals surface area contributed by atoms with Crippen LogP contribution in [0.3, 0.4) is 0 Å². The summed E-state index contributed by atoms with van der Waals surface area (Å²) in [6.45, 7) is 15.0. The molecule has 7 nitrogen and oxygen atoms in total. The first-order valence-corrected chi connectivity index (χ1v) is 16.6. The third-order valence-corrected chi connectivity index (χ3v) is 10.9. The fourth-order valence-corrected chi connectivity index (χ4v) is 8.54. The van der Waals surface area contributed by atoms with Gasteiger partial charge in [-0.1, -0.05) is 76.8 Å². The molecule has 3 aliphatic carbocycles. The summed E-state index contributed by atoms with van der Waals surface area (Å²) < 4.78 is 12.1. The van der Waals surface area contributed by atoms with Gasteiger partial charge in [0.25, 0.3) is 0 Å². The van der Waals surface area contributed by atoms with Crippen molar-refractivity contribution in [3.05, 3.63) is 35.5 Å². The SMILES string of the molecule is C=C1CC[C@H](O[C@@H]2O[C@H](CO)[C@@H](O)[C@H](O)[C@H]2NC(C)=O)CC1=C/C=C1\CCC[C@]2(C)[C@@H]([C@H](C)CCCC(C)C)CC[C@@H]12. The number of carbonyl (C=O) groups is 1. The van der Waals surface area contributed by atoms with Crippen LogP contribution in [-0.2, 0) is 14.3 Å². The van der Waals surface area contributed by atoms with Gasteiger partial charge in [-0.15, -0.1) is 0 Å². The number of nitrogens with one attached hydrogen (secondary N) is 1. The molecule has 1 aliphatic heterocycles. The zero-order valence-electron chi connectivity index (χ0n) is 26.7. The normalized spacial score (nSPS) is 40.0. The van der Waals surface area contributed by atoms with Crippen molar-refractivity contribution in [2.75, 3.05) is 6.61 Å². The van der Waals surface area contributed by atoms with Gasteiger partial charge in [0.15, 0.2) is 6.29 Å². The maximum absolute atomic E-state index is 11.8. The molecule has 0 aromatic carbocycles. The first-order valence-electron chi connectivity index (χ1n) is 16.6. The number of aliphatic hydroxyl groups excluding tert-OH is 3. The third-order valence-electron chi connectivity index (χ3n) is 10.9. The van der Waals surface area contributed by atoms with E-state index < -0.39 is 37.3 Å². The summed E-state index contributed by atoms with van der Waals surface area (Å²) in [6, 6.07) is -0.928.